The number of para-hydroxylation sites is 1. The van der Waals surface area contributed by atoms with Crippen molar-refractivity contribution in [3.8, 4) is 5.75 Å². The van der Waals surface area contributed by atoms with Crippen LogP contribution in [-0.4, -0.2) is 44.6 Å². The van der Waals surface area contributed by atoms with Crippen molar-refractivity contribution >= 4 is 11.4 Å². The molecule has 0 heterocycles. The maximum atomic E-state index is 9.88. The summed E-state index contributed by atoms with van der Waals surface area (Å²) in [6.07, 6.45) is 0. The lowest BCUT2D eigenvalue weighted by atomic mass is 10.2. The largest absolute Gasteiger partial charge is 0.506 e. The normalized spacial score (nSPS) is 10.4. The summed E-state index contributed by atoms with van der Waals surface area (Å²) in [7, 11) is 0. The van der Waals surface area contributed by atoms with Crippen molar-refractivity contribution in [3.05, 3.63) is 18.2 Å². The van der Waals surface area contributed by atoms with Crippen molar-refractivity contribution in [2.24, 2.45) is 0 Å². The van der Waals surface area contributed by atoms with Crippen LogP contribution in [-0.2, 0) is 9.47 Å². The molecule has 0 radical (unpaired) electrons. The molecule has 108 valence electrons. The molecular formula is C14H24N2O3. The van der Waals surface area contributed by atoms with E-state index in [0.717, 1.165) is 5.69 Å². The third-order valence-corrected chi connectivity index (χ3v) is 2.56. The van der Waals surface area contributed by atoms with E-state index < -0.39 is 0 Å². The van der Waals surface area contributed by atoms with E-state index in [1.165, 1.54) is 0 Å². The van der Waals surface area contributed by atoms with Crippen LogP contribution in [0.4, 0.5) is 11.4 Å². The molecule has 0 saturated heterocycles. The smallest absolute Gasteiger partial charge is 0.140 e. The Bertz CT molecular complexity index is 359. The van der Waals surface area contributed by atoms with Gasteiger partial charge >= 0.3 is 0 Å². The Morgan fingerprint density at radius 3 is 2.26 bits per heavy atom. The molecule has 0 atom stereocenters. The van der Waals surface area contributed by atoms with Crippen molar-refractivity contribution in [1.82, 2.24) is 0 Å². The van der Waals surface area contributed by atoms with E-state index in [4.69, 9.17) is 9.47 Å². The van der Waals surface area contributed by atoms with E-state index in [2.05, 4.69) is 10.6 Å². The van der Waals surface area contributed by atoms with Gasteiger partial charge in [0.1, 0.15) is 11.4 Å². The highest BCUT2D eigenvalue weighted by Gasteiger charge is 2.06. The van der Waals surface area contributed by atoms with Gasteiger partial charge in [-0.3, -0.25) is 0 Å². The van der Waals surface area contributed by atoms with E-state index in [-0.39, 0.29) is 5.75 Å². The van der Waals surface area contributed by atoms with Crippen molar-refractivity contribution < 1.29 is 14.6 Å². The number of hydrogen-bond donors (Lipinski definition) is 3. The zero-order chi connectivity index (χ0) is 13.9. The van der Waals surface area contributed by atoms with Gasteiger partial charge in [-0.25, -0.2) is 0 Å². The van der Waals surface area contributed by atoms with Crippen LogP contribution >= 0.6 is 0 Å². The highest BCUT2D eigenvalue weighted by atomic mass is 16.5. The molecule has 0 bridgehead atoms. The average Bonchev–Trinajstić information content (AvgIpc) is 2.42. The molecule has 0 spiro atoms. The number of rotatable bonds is 10. The standard InChI is InChI=1S/C14H24N2O3/c1-3-18-10-8-15-12-6-5-7-13(17)14(12)16-9-11-19-4-2/h5-7,15-17H,3-4,8-11H2,1-2H3. The van der Waals surface area contributed by atoms with Crippen LogP contribution in [0.2, 0.25) is 0 Å². The Kier molecular flexibility index (Phi) is 7.77. The Hall–Kier alpha value is -1.46. The lowest BCUT2D eigenvalue weighted by molar-refractivity contribution is 0.157. The molecule has 3 N–H and O–H groups in total. The van der Waals surface area contributed by atoms with Crippen LogP contribution in [0, 0.1) is 0 Å². The summed E-state index contributed by atoms with van der Waals surface area (Å²) < 4.78 is 10.5. The summed E-state index contributed by atoms with van der Waals surface area (Å²) in [5.41, 5.74) is 1.58. The first-order chi connectivity index (χ1) is 9.29. The second-order valence-electron chi connectivity index (χ2n) is 3.95. The van der Waals surface area contributed by atoms with E-state index >= 15 is 0 Å². The van der Waals surface area contributed by atoms with Gasteiger partial charge < -0.3 is 25.2 Å². The third-order valence-electron chi connectivity index (χ3n) is 2.56. The van der Waals surface area contributed by atoms with Crippen molar-refractivity contribution in [3.63, 3.8) is 0 Å². The maximum absolute atomic E-state index is 9.88. The second kappa shape index (κ2) is 9.47. The molecule has 1 aromatic carbocycles. The number of hydrogen-bond acceptors (Lipinski definition) is 5. The average molecular weight is 268 g/mol. The maximum Gasteiger partial charge on any atom is 0.140 e. The molecule has 1 aromatic rings. The van der Waals surface area contributed by atoms with E-state index in [9.17, 15) is 5.11 Å². The van der Waals surface area contributed by atoms with Crippen LogP contribution in [0.1, 0.15) is 13.8 Å². The highest BCUT2D eigenvalue weighted by molar-refractivity contribution is 5.75. The van der Waals surface area contributed by atoms with Gasteiger partial charge in [0.05, 0.1) is 18.9 Å². The van der Waals surface area contributed by atoms with Gasteiger partial charge in [0.25, 0.3) is 0 Å². The first kappa shape index (κ1) is 15.6. The monoisotopic (exact) mass is 268 g/mol. The molecule has 0 aliphatic rings. The minimum absolute atomic E-state index is 0.234. The van der Waals surface area contributed by atoms with Crippen molar-refractivity contribution in [1.29, 1.82) is 0 Å². The number of nitrogens with one attached hydrogen (secondary N) is 2. The predicted octanol–water partition coefficient (Wildman–Crippen LogP) is 2.29. The minimum Gasteiger partial charge on any atom is -0.506 e. The minimum atomic E-state index is 0.234. The fraction of sp³-hybridized carbons (Fsp3) is 0.571. The molecule has 0 fully saturated rings. The van der Waals surface area contributed by atoms with Crippen molar-refractivity contribution in [2.75, 3.05) is 50.2 Å². The first-order valence-corrected chi connectivity index (χ1v) is 6.74. The number of ether oxygens (including phenoxy) is 2. The van der Waals surface area contributed by atoms with Gasteiger partial charge in [-0.2, -0.15) is 0 Å². The third kappa shape index (κ3) is 5.81. The summed E-state index contributed by atoms with van der Waals surface area (Å²) in [4.78, 5) is 0. The van der Waals surface area contributed by atoms with Crippen LogP contribution in [0.5, 0.6) is 5.75 Å². The zero-order valence-electron chi connectivity index (χ0n) is 11.7. The number of phenols is 1. The van der Waals surface area contributed by atoms with Gasteiger partial charge in [0.2, 0.25) is 0 Å². The molecule has 0 unspecified atom stereocenters. The molecule has 0 aromatic heterocycles. The molecular weight excluding hydrogens is 244 g/mol. The Balaban J connectivity index is 2.51. The van der Waals surface area contributed by atoms with Gasteiger partial charge in [-0.1, -0.05) is 6.07 Å². The first-order valence-electron chi connectivity index (χ1n) is 6.74. The van der Waals surface area contributed by atoms with Gasteiger partial charge in [-0.15, -0.1) is 0 Å². The number of benzene rings is 1. The summed E-state index contributed by atoms with van der Waals surface area (Å²) in [6.45, 7) is 7.95. The molecule has 0 aliphatic carbocycles. The second-order valence-corrected chi connectivity index (χ2v) is 3.95. The lowest BCUT2D eigenvalue weighted by Crippen LogP contribution is -2.13. The zero-order valence-corrected chi connectivity index (χ0v) is 11.7. The highest BCUT2D eigenvalue weighted by Crippen LogP contribution is 2.31. The molecule has 19 heavy (non-hydrogen) atoms. The lowest BCUT2D eigenvalue weighted by Gasteiger charge is -2.15. The summed E-state index contributed by atoms with van der Waals surface area (Å²) in [5, 5.41) is 16.3. The molecule has 0 aliphatic heterocycles. The van der Waals surface area contributed by atoms with Gasteiger partial charge in [0, 0.05) is 26.3 Å². The van der Waals surface area contributed by atoms with Crippen LogP contribution in [0.3, 0.4) is 0 Å². The molecule has 5 heteroatoms. The summed E-state index contributed by atoms with van der Waals surface area (Å²) in [6, 6.07) is 5.40. The van der Waals surface area contributed by atoms with Gasteiger partial charge in [0.15, 0.2) is 0 Å². The Labute approximate surface area is 114 Å². The number of anilines is 2. The van der Waals surface area contributed by atoms with E-state index in [0.29, 0.717) is 45.2 Å². The number of aromatic hydroxyl groups is 1. The van der Waals surface area contributed by atoms with E-state index in [1.807, 2.05) is 26.0 Å². The number of phenolic OH excluding ortho intramolecular Hbond substituents is 1. The summed E-state index contributed by atoms with van der Waals surface area (Å²) >= 11 is 0. The van der Waals surface area contributed by atoms with Crippen molar-refractivity contribution in [2.45, 2.75) is 13.8 Å². The Morgan fingerprint density at radius 1 is 1.00 bits per heavy atom. The SMILES string of the molecule is CCOCCNc1cccc(O)c1NCCOCC. The van der Waals surface area contributed by atoms with E-state index in [1.54, 1.807) is 6.07 Å². The van der Waals surface area contributed by atoms with Crippen LogP contribution in [0.25, 0.3) is 0 Å². The predicted molar refractivity (Wildman–Crippen MR) is 78.1 cm³/mol. The fourth-order valence-electron chi connectivity index (χ4n) is 1.67. The molecule has 1 rings (SSSR count). The van der Waals surface area contributed by atoms with Crippen LogP contribution in [0.15, 0.2) is 18.2 Å². The summed E-state index contributed by atoms with van der Waals surface area (Å²) in [5.74, 6) is 0.234. The molecule has 0 amide bonds. The quantitative estimate of drug-likeness (QED) is 0.449. The van der Waals surface area contributed by atoms with Gasteiger partial charge in [-0.05, 0) is 26.0 Å². The molecule has 5 nitrogen and oxygen atoms in total. The van der Waals surface area contributed by atoms with Crippen LogP contribution < -0.4 is 10.6 Å². The topological polar surface area (TPSA) is 62.8 Å². The molecule has 0 saturated carbocycles. The fourth-order valence-corrected chi connectivity index (χ4v) is 1.67. The Morgan fingerprint density at radius 2 is 1.63 bits per heavy atom.